The number of rotatable bonds is 44. The van der Waals surface area contributed by atoms with Gasteiger partial charge in [-0.3, -0.25) is 9.59 Å². The minimum absolute atomic E-state index is 0.130. The second-order valence-corrected chi connectivity index (χ2v) is 17.3. The lowest BCUT2D eigenvalue weighted by atomic mass is 10.1. The molecule has 0 saturated heterocycles. The molecule has 0 aromatic carbocycles. The number of nitrogens with zero attached hydrogens (tertiary/aromatic N) is 1. The van der Waals surface area contributed by atoms with Crippen LogP contribution in [0.25, 0.3) is 0 Å². The van der Waals surface area contributed by atoms with E-state index in [9.17, 15) is 19.5 Å². The van der Waals surface area contributed by atoms with Crippen LogP contribution in [0.4, 0.5) is 0 Å². The summed E-state index contributed by atoms with van der Waals surface area (Å²) in [6.07, 6.45) is 59.9. The number of ether oxygens (including phenoxy) is 4. The van der Waals surface area contributed by atoms with Gasteiger partial charge in [0.1, 0.15) is 13.2 Å². The molecule has 0 aliphatic heterocycles. The van der Waals surface area contributed by atoms with E-state index in [-0.39, 0.29) is 38.6 Å². The van der Waals surface area contributed by atoms with Crippen LogP contribution in [0.2, 0.25) is 0 Å². The zero-order valence-corrected chi connectivity index (χ0v) is 41.6. The summed E-state index contributed by atoms with van der Waals surface area (Å²) >= 11 is 0. The molecule has 2 unspecified atom stereocenters. The van der Waals surface area contributed by atoms with Gasteiger partial charge in [-0.25, -0.2) is 0 Å². The minimum atomic E-state index is -1.64. The topological polar surface area (TPSA) is 111 Å². The maximum atomic E-state index is 12.8. The standard InChI is InChI=1S/C56H91NO8/c1-6-8-10-12-14-16-18-20-22-24-25-26-27-28-29-31-32-34-36-38-40-42-44-46-53(58)63-50-52(51-64-56(55(60)61)62-49-48-57(3,4)5)65-54(59)47-45-43-41-39-37-35-33-30-23-21-19-17-15-13-11-9-7-2/h8-11,14-17,20-23,25-26,33,35,39,41,52,56H,6-7,12-13,18-19,24,27-32,34,36-38,40,42-51H2,1-5H3/b10-8-,11-9-,16-14-,17-15-,22-20-,23-21-,26-25-,35-33-,41-39-. The van der Waals surface area contributed by atoms with Crippen LogP contribution in [0.3, 0.4) is 0 Å². The van der Waals surface area contributed by atoms with Gasteiger partial charge in [0.15, 0.2) is 12.4 Å². The van der Waals surface area contributed by atoms with Gasteiger partial charge in [0.25, 0.3) is 0 Å². The molecular weight excluding hydrogens is 815 g/mol. The van der Waals surface area contributed by atoms with Crippen molar-refractivity contribution >= 4 is 17.9 Å². The molecule has 0 heterocycles. The molecule has 0 aliphatic rings. The van der Waals surface area contributed by atoms with E-state index < -0.39 is 24.3 Å². The van der Waals surface area contributed by atoms with Gasteiger partial charge in [-0.15, -0.1) is 0 Å². The number of aliphatic carboxylic acids is 1. The number of esters is 2. The van der Waals surface area contributed by atoms with E-state index in [1.807, 2.05) is 27.2 Å². The highest BCUT2D eigenvalue weighted by Gasteiger charge is 2.21. The third-order valence-corrected chi connectivity index (χ3v) is 10.0. The summed E-state index contributed by atoms with van der Waals surface area (Å²) < 4.78 is 22.5. The fraction of sp³-hybridized carbons (Fsp3) is 0.625. The Balaban J connectivity index is 4.43. The summed E-state index contributed by atoms with van der Waals surface area (Å²) in [6.45, 7) is 4.42. The number of hydrogen-bond acceptors (Lipinski definition) is 8. The van der Waals surface area contributed by atoms with Crippen LogP contribution >= 0.6 is 0 Å². The number of quaternary nitrogens is 1. The number of allylic oxidation sites excluding steroid dienone is 18. The first kappa shape index (κ1) is 60.9. The molecule has 0 aromatic rings. The smallest absolute Gasteiger partial charge is 0.306 e. The molecule has 0 radical (unpaired) electrons. The molecule has 0 spiro atoms. The number of carboxylic acids is 1. The van der Waals surface area contributed by atoms with Crippen LogP contribution in [0.1, 0.15) is 168 Å². The Kier molecular flexibility index (Phi) is 43.6. The molecule has 9 nitrogen and oxygen atoms in total. The lowest BCUT2D eigenvalue weighted by molar-refractivity contribution is -0.870. The van der Waals surface area contributed by atoms with Crippen molar-refractivity contribution in [3.05, 3.63) is 109 Å². The summed E-state index contributed by atoms with van der Waals surface area (Å²) in [6, 6.07) is 0. The number of hydrogen-bond donors (Lipinski definition) is 0. The van der Waals surface area contributed by atoms with Gasteiger partial charge in [-0.1, -0.05) is 175 Å². The fourth-order valence-corrected chi connectivity index (χ4v) is 6.21. The highest BCUT2D eigenvalue weighted by Crippen LogP contribution is 2.13. The Morgan fingerprint density at radius 2 is 0.846 bits per heavy atom. The molecule has 65 heavy (non-hydrogen) atoms. The molecule has 0 rings (SSSR count). The van der Waals surface area contributed by atoms with E-state index >= 15 is 0 Å². The van der Waals surface area contributed by atoms with Crippen LogP contribution in [-0.2, 0) is 33.3 Å². The predicted molar refractivity (Wildman–Crippen MR) is 269 cm³/mol. The van der Waals surface area contributed by atoms with E-state index in [4.69, 9.17) is 18.9 Å². The Labute approximate surface area is 396 Å². The molecule has 0 aromatic heterocycles. The quantitative estimate of drug-likeness (QED) is 0.0195. The second kappa shape index (κ2) is 46.5. The molecule has 0 N–H and O–H groups in total. The van der Waals surface area contributed by atoms with Crippen molar-refractivity contribution in [1.82, 2.24) is 0 Å². The average molecular weight is 906 g/mol. The van der Waals surface area contributed by atoms with Gasteiger partial charge in [-0.2, -0.15) is 0 Å². The third kappa shape index (κ3) is 47.7. The number of carboxylic acid groups (broad SMARTS) is 1. The van der Waals surface area contributed by atoms with Gasteiger partial charge in [0.2, 0.25) is 0 Å². The van der Waals surface area contributed by atoms with Crippen molar-refractivity contribution in [2.75, 3.05) is 47.5 Å². The molecule has 0 fully saturated rings. The molecule has 2 atom stereocenters. The monoisotopic (exact) mass is 906 g/mol. The van der Waals surface area contributed by atoms with Crippen molar-refractivity contribution in [2.24, 2.45) is 0 Å². The first-order valence-corrected chi connectivity index (χ1v) is 25.0. The van der Waals surface area contributed by atoms with Gasteiger partial charge in [-0.05, 0) is 89.9 Å². The van der Waals surface area contributed by atoms with E-state index in [1.165, 1.54) is 38.5 Å². The van der Waals surface area contributed by atoms with E-state index in [0.717, 1.165) is 89.9 Å². The van der Waals surface area contributed by atoms with E-state index in [2.05, 4.69) is 117 Å². The van der Waals surface area contributed by atoms with Crippen molar-refractivity contribution in [2.45, 2.75) is 180 Å². The second-order valence-electron chi connectivity index (χ2n) is 17.3. The maximum Gasteiger partial charge on any atom is 0.306 e. The maximum absolute atomic E-state index is 12.8. The normalized spacial score (nSPS) is 13.8. The number of carbonyl (C=O) groups is 3. The van der Waals surface area contributed by atoms with Crippen LogP contribution in [0.5, 0.6) is 0 Å². The summed E-state index contributed by atoms with van der Waals surface area (Å²) in [5, 5.41) is 11.7. The third-order valence-electron chi connectivity index (χ3n) is 10.0. The first-order chi connectivity index (χ1) is 31.6. The van der Waals surface area contributed by atoms with E-state index in [0.29, 0.717) is 23.9 Å². The van der Waals surface area contributed by atoms with Crippen LogP contribution in [0.15, 0.2) is 109 Å². The number of likely N-dealkylation sites (N-methyl/N-ethyl adjacent to an activating group) is 1. The first-order valence-electron chi connectivity index (χ1n) is 25.0. The van der Waals surface area contributed by atoms with Crippen molar-refractivity contribution in [1.29, 1.82) is 0 Å². The summed E-state index contributed by atoms with van der Waals surface area (Å²) in [5.74, 6) is -2.39. The lowest BCUT2D eigenvalue weighted by Crippen LogP contribution is -2.44. The minimum Gasteiger partial charge on any atom is -0.545 e. The van der Waals surface area contributed by atoms with Gasteiger partial charge in [0.05, 0.1) is 40.3 Å². The molecule has 0 bridgehead atoms. The van der Waals surface area contributed by atoms with Crippen LogP contribution in [0, 0.1) is 0 Å². The van der Waals surface area contributed by atoms with Gasteiger partial charge < -0.3 is 33.3 Å². The number of carbonyl (C=O) groups excluding carboxylic acids is 3. The Bertz CT molecular complexity index is 1430. The fourth-order valence-electron chi connectivity index (χ4n) is 6.21. The van der Waals surface area contributed by atoms with E-state index in [1.54, 1.807) is 0 Å². The zero-order valence-electron chi connectivity index (χ0n) is 41.6. The summed E-state index contributed by atoms with van der Waals surface area (Å²) in [7, 11) is 5.88. The van der Waals surface area contributed by atoms with Crippen molar-refractivity contribution < 1.29 is 42.9 Å². The zero-order chi connectivity index (χ0) is 47.7. The molecular formula is C56H91NO8. The van der Waals surface area contributed by atoms with Crippen molar-refractivity contribution in [3.63, 3.8) is 0 Å². The highest BCUT2D eigenvalue weighted by molar-refractivity contribution is 5.70. The average Bonchev–Trinajstić information content (AvgIpc) is 3.27. The molecule has 368 valence electrons. The van der Waals surface area contributed by atoms with Crippen LogP contribution in [-0.4, -0.2) is 82.3 Å². The Morgan fingerprint density at radius 1 is 0.462 bits per heavy atom. The lowest BCUT2D eigenvalue weighted by Gasteiger charge is -2.26. The molecule has 0 saturated carbocycles. The number of unbranched alkanes of at least 4 members (excludes halogenated alkanes) is 11. The molecule has 9 heteroatoms. The highest BCUT2D eigenvalue weighted by atomic mass is 16.7. The summed E-state index contributed by atoms with van der Waals surface area (Å²) in [5.41, 5.74) is 0. The molecule has 0 aliphatic carbocycles. The summed E-state index contributed by atoms with van der Waals surface area (Å²) in [4.78, 5) is 37.1. The van der Waals surface area contributed by atoms with Gasteiger partial charge in [0, 0.05) is 12.8 Å². The predicted octanol–water partition coefficient (Wildman–Crippen LogP) is 12.7. The Morgan fingerprint density at radius 3 is 1.28 bits per heavy atom. The largest absolute Gasteiger partial charge is 0.545 e. The molecule has 0 amide bonds. The Hall–Kier alpha value is -4.05. The van der Waals surface area contributed by atoms with Gasteiger partial charge >= 0.3 is 11.9 Å². The van der Waals surface area contributed by atoms with Crippen LogP contribution < -0.4 is 5.11 Å². The van der Waals surface area contributed by atoms with Crippen molar-refractivity contribution in [3.8, 4) is 0 Å². The SMILES string of the molecule is CC/C=C\C/C=C\C/C=C\C/C=C\C/C=C\CCCC(=O)OC(COC(=O)CCCCCCCCCCCC/C=C\C/C=C\C/C=C\C/C=C\CC)COC(OCC[N+](C)(C)C)C(=O)[O-].